The molecule has 1 N–H and O–H groups in total. The van der Waals surface area contributed by atoms with E-state index in [1.165, 1.54) is 0 Å². The van der Waals surface area contributed by atoms with E-state index in [0.29, 0.717) is 0 Å². The van der Waals surface area contributed by atoms with Crippen LogP contribution in [-0.2, 0) is 0 Å². The first-order valence-electron chi connectivity index (χ1n) is 1.02. The van der Waals surface area contributed by atoms with Gasteiger partial charge in [0.15, 0.2) is 0 Å². The third-order valence-electron chi connectivity index (χ3n) is 0. The molecule has 0 aliphatic carbocycles. The Morgan fingerprint density at radius 3 is 1.60 bits per heavy atom. The van der Waals surface area contributed by atoms with E-state index in [1.54, 1.807) is 6.92 Å². The van der Waals surface area contributed by atoms with Crippen LogP contribution in [0.5, 0.6) is 0 Å². The molecule has 0 amide bonds. The largest absolute Gasteiger partial charge is 0.397 e. The van der Waals surface area contributed by atoms with E-state index in [-0.39, 0.29) is 18.7 Å². The number of aliphatic hydroxyl groups is 1. The molecule has 2 heteroatoms. The molecule has 0 atom stereocenters. The normalized spacial score (nSPS) is 3.60. The van der Waals surface area contributed by atoms with Gasteiger partial charge in [-0.1, -0.05) is 7.43 Å². The predicted molar refractivity (Wildman–Crippen MR) is 22.0 cm³/mol. The molecule has 0 spiro atoms. The molecule has 0 radical (unpaired) electrons. The fourth-order valence-corrected chi connectivity index (χ4v) is 0. The molecule has 0 fully saturated rings. The molecule has 0 saturated heterocycles. The highest BCUT2D eigenvalue weighted by molar-refractivity contribution is 3.84. The van der Waals surface area contributed by atoms with Crippen LogP contribution >= 0.6 is 0 Å². The first-order valence-corrected chi connectivity index (χ1v) is 1.02. The van der Waals surface area contributed by atoms with Crippen molar-refractivity contribution in [2.45, 2.75) is 14.4 Å². The van der Waals surface area contributed by atoms with E-state index in [1.807, 2.05) is 0 Å². The Hall–Kier alpha value is -0.110. The van der Waals surface area contributed by atoms with Crippen molar-refractivity contribution in [3.8, 4) is 0 Å². The van der Waals surface area contributed by atoms with Crippen LogP contribution in [0, 0.1) is 0 Å². The summed E-state index contributed by atoms with van der Waals surface area (Å²) >= 11 is 0. The van der Waals surface area contributed by atoms with E-state index in [2.05, 4.69) is 0 Å². The van der Waals surface area contributed by atoms with Crippen molar-refractivity contribution < 1.29 is 9.81 Å². The van der Waals surface area contributed by atoms with Crippen molar-refractivity contribution in [3.63, 3.8) is 0 Å². The average Bonchev–Trinajstić information content (AvgIpc) is 0.918. The van der Waals surface area contributed by atoms with Crippen LogP contribution in [-0.4, -0.2) is 11.7 Å². The van der Waals surface area contributed by atoms with E-state index < -0.39 is 0 Å². The van der Waals surface area contributed by atoms with Crippen LogP contribution < -0.4 is 0 Å². The predicted octanol–water partition coefficient (Wildman–Crippen LogP) is 0.787. The van der Waals surface area contributed by atoms with Gasteiger partial charge in [0.25, 0.3) is 0 Å². The Morgan fingerprint density at radius 1 is 1.60 bits per heavy atom. The average molecular weight is 82.1 g/mol. The summed E-state index contributed by atoms with van der Waals surface area (Å²) in [4.78, 5) is 0. The van der Waals surface area contributed by atoms with Gasteiger partial charge in [0.2, 0.25) is 0 Å². The fraction of sp³-hybridized carbons (Fsp3) is 1.00. The summed E-state index contributed by atoms with van der Waals surface area (Å²) in [5.41, 5.74) is 0. The summed E-state index contributed by atoms with van der Waals surface area (Å²) in [6.07, 6.45) is 0. The lowest BCUT2D eigenvalue weighted by Gasteiger charge is -1.52. The maximum atomic E-state index is 7.57. The Bertz CT molecular complexity index is 6.85. The minimum absolute atomic E-state index is 0. The fourth-order valence-electron chi connectivity index (χ4n) is 0. The monoisotopic (exact) mass is 82.1 g/mol. The topological polar surface area (TPSA) is 20.2 Å². The second-order valence-electron chi connectivity index (χ2n) is 0.316. The third-order valence-corrected chi connectivity index (χ3v) is 0. The molecular formula is C3H11FO. The third kappa shape index (κ3) is 1150. The number of aliphatic hydroxyl groups excluding tert-OH is 1. The summed E-state index contributed by atoms with van der Waals surface area (Å²) in [5, 5.41) is 7.57. The van der Waals surface area contributed by atoms with Gasteiger partial charge < -0.3 is 5.11 Å². The van der Waals surface area contributed by atoms with Gasteiger partial charge in [0.05, 0.1) is 0 Å². The van der Waals surface area contributed by atoms with Crippen molar-refractivity contribution in [3.05, 3.63) is 0 Å². The highest BCUT2D eigenvalue weighted by atomic mass is 19.0. The lowest BCUT2D eigenvalue weighted by Crippen LogP contribution is -1.57. The Morgan fingerprint density at radius 2 is 1.60 bits per heavy atom. The van der Waals surface area contributed by atoms with Gasteiger partial charge in [0, 0.05) is 6.61 Å². The summed E-state index contributed by atoms with van der Waals surface area (Å²) in [7, 11) is 0. The van der Waals surface area contributed by atoms with Crippen LogP contribution in [0.4, 0.5) is 4.70 Å². The molecule has 0 aromatic carbocycles. The Labute approximate surface area is 32.0 Å². The molecule has 0 bridgehead atoms. The van der Waals surface area contributed by atoms with E-state index in [9.17, 15) is 0 Å². The zero-order chi connectivity index (χ0) is 2.71. The summed E-state index contributed by atoms with van der Waals surface area (Å²) < 4.78 is 0. The van der Waals surface area contributed by atoms with Crippen molar-refractivity contribution in [1.29, 1.82) is 0 Å². The van der Waals surface area contributed by atoms with Crippen LogP contribution in [0.1, 0.15) is 14.4 Å². The zero-order valence-electron chi connectivity index (χ0n) is 2.56. The molecule has 0 heterocycles. The smallest absolute Gasteiger partial charge is 0.0402 e. The van der Waals surface area contributed by atoms with E-state index >= 15 is 0 Å². The van der Waals surface area contributed by atoms with Gasteiger partial charge in [-0.3, -0.25) is 4.70 Å². The van der Waals surface area contributed by atoms with Crippen LogP contribution in [0.2, 0.25) is 0 Å². The molecule has 0 aliphatic rings. The number of hydrogen-bond acceptors (Lipinski definition) is 1. The first kappa shape index (κ1) is 20.7. The van der Waals surface area contributed by atoms with Gasteiger partial charge in [-0.05, 0) is 6.92 Å². The quantitative estimate of drug-likeness (QED) is 0.458. The van der Waals surface area contributed by atoms with Gasteiger partial charge in [-0.15, -0.1) is 0 Å². The molecule has 0 saturated carbocycles. The Balaban J connectivity index is -0.0000000200. The van der Waals surface area contributed by atoms with Gasteiger partial charge in [-0.2, -0.15) is 0 Å². The van der Waals surface area contributed by atoms with Crippen LogP contribution in [0.15, 0.2) is 0 Å². The van der Waals surface area contributed by atoms with E-state index in [0.717, 1.165) is 0 Å². The van der Waals surface area contributed by atoms with Gasteiger partial charge in [0.1, 0.15) is 0 Å². The molecule has 0 unspecified atom stereocenters. The SMILES string of the molecule is C.CCO.F. The molecule has 0 aliphatic heterocycles. The number of halogens is 1. The molecule has 5 heavy (non-hydrogen) atoms. The second-order valence-corrected chi connectivity index (χ2v) is 0.316. The lowest BCUT2D eigenvalue weighted by atomic mass is 10.9. The maximum absolute atomic E-state index is 7.57. The first-order chi connectivity index (χ1) is 1.41. The minimum atomic E-state index is 0. The maximum Gasteiger partial charge on any atom is 0.0402 e. The van der Waals surface area contributed by atoms with Crippen molar-refractivity contribution in [2.24, 2.45) is 0 Å². The molecule has 0 aromatic rings. The van der Waals surface area contributed by atoms with Crippen LogP contribution in [0.25, 0.3) is 0 Å². The zero-order valence-corrected chi connectivity index (χ0v) is 2.56. The molecular weight excluding hydrogens is 71.0 g/mol. The molecule has 1 nitrogen and oxygen atoms in total. The standard InChI is InChI=1S/C2H6O.CH4.FH/c1-2-3;;/h3H,2H2,1H3;1H4;1H. The molecule has 36 valence electrons. The molecule has 0 aromatic heterocycles. The summed E-state index contributed by atoms with van der Waals surface area (Å²) in [5.74, 6) is 0. The van der Waals surface area contributed by atoms with Crippen molar-refractivity contribution in [2.75, 3.05) is 6.61 Å². The minimum Gasteiger partial charge on any atom is -0.397 e. The number of hydrogen-bond donors (Lipinski definition) is 1. The Kier molecular flexibility index (Phi) is 170. The second kappa shape index (κ2) is 41.0. The molecule has 0 rings (SSSR count). The summed E-state index contributed by atoms with van der Waals surface area (Å²) in [6.45, 7) is 1.93. The van der Waals surface area contributed by atoms with Gasteiger partial charge >= 0.3 is 0 Å². The highest BCUT2D eigenvalue weighted by Crippen LogP contribution is 1.30. The van der Waals surface area contributed by atoms with E-state index in [4.69, 9.17) is 5.11 Å². The number of rotatable bonds is 0. The highest BCUT2D eigenvalue weighted by Gasteiger charge is 1.34. The van der Waals surface area contributed by atoms with Gasteiger partial charge in [-0.25, -0.2) is 0 Å². The lowest BCUT2D eigenvalue weighted by molar-refractivity contribution is 0.318. The van der Waals surface area contributed by atoms with Crippen molar-refractivity contribution in [1.82, 2.24) is 0 Å². The van der Waals surface area contributed by atoms with Crippen LogP contribution in [0.3, 0.4) is 0 Å². The van der Waals surface area contributed by atoms with Crippen molar-refractivity contribution >= 4 is 0 Å². The summed E-state index contributed by atoms with van der Waals surface area (Å²) in [6, 6.07) is 0.